The monoisotopic (exact) mass is 464 g/mol. The molecule has 2 aliphatic rings. The Balaban J connectivity index is 1.26. The predicted octanol–water partition coefficient (Wildman–Crippen LogP) is 4.31. The molecule has 0 bridgehead atoms. The van der Waals surface area contributed by atoms with E-state index in [1.807, 2.05) is 38.1 Å². The first-order valence-electron chi connectivity index (χ1n) is 11.8. The van der Waals surface area contributed by atoms with Gasteiger partial charge in [-0.3, -0.25) is 9.59 Å². The van der Waals surface area contributed by atoms with E-state index in [4.69, 9.17) is 9.84 Å². The van der Waals surface area contributed by atoms with Crippen molar-refractivity contribution in [3.63, 3.8) is 0 Å². The van der Waals surface area contributed by atoms with E-state index in [-0.39, 0.29) is 36.8 Å². The van der Waals surface area contributed by atoms with Crippen LogP contribution in [0.25, 0.3) is 11.1 Å². The number of alkyl carbamates (subject to hydrolysis) is 1. The van der Waals surface area contributed by atoms with Crippen molar-refractivity contribution >= 4 is 18.0 Å². The fourth-order valence-corrected chi connectivity index (χ4v) is 5.10. The molecule has 2 aromatic rings. The van der Waals surface area contributed by atoms with Crippen molar-refractivity contribution in [3.05, 3.63) is 59.7 Å². The topological polar surface area (TPSA) is 105 Å². The Hall–Kier alpha value is -3.35. The average molecular weight is 465 g/mol. The molecular formula is C27H32N2O5. The van der Waals surface area contributed by atoms with Crippen LogP contribution in [0.5, 0.6) is 0 Å². The second-order valence-corrected chi connectivity index (χ2v) is 10.1. The van der Waals surface area contributed by atoms with Crippen LogP contribution in [0.1, 0.15) is 56.6 Å². The SMILES string of the molecule is CC(C)(CNC(=O)[C@H]1CC[C@@H](NC(=O)OCC2c3ccccc3-c3ccccc32)C1)CC(=O)O. The molecule has 0 aliphatic heterocycles. The molecule has 4 rings (SSSR count). The third-order valence-electron chi connectivity index (χ3n) is 6.84. The fraction of sp³-hybridized carbons (Fsp3) is 0.444. The predicted molar refractivity (Wildman–Crippen MR) is 128 cm³/mol. The van der Waals surface area contributed by atoms with E-state index in [9.17, 15) is 14.4 Å². The first-order valence-corrected chi connectivity index (χ1v) is 11.8. The lowest BCUT2D eigenvalue weighted by molar-refractivity contribution is -0.139. The van der Waals surface area contributed by atoms with Gasteiger partial charge < -0.3 is 20.5 Å². The first kappa shape index (κ1) is 23.8. The van der Waals surface area contributed by atoms with E-state index >= 15 is 0 Å². The van der Waals surface area contributed by atoms with Crippen LogP contribution in [0.4, 0.5) is 4.79 Å². The second kappa shape index (κ2) is 9.87. The molecular weight excluding hydrogens is 432 g/mol. The summed E-state index contributed by atoms with van der Waals surface area (Å²) in [7, 11) is 0. The van der Waals surface area contributed by atoms with E-state index in [0.717, 1.165) is 0 Å². The Kier molecular flexibility index (Phi) is 6.91. The van der Waals surface area contributed by atoms with Gasteiger partial charge in [0.1, 0.15) is 6.61 Å². The number of amides is 2. The van der Waals surface area contributed by atoms with Crippen LogP contribution < -0.4 is 10.6 Å². The summed E-state index contributed by atoms with van der Waals surface area (Å²) in [6.07, 6.45) is 1.47. The molecule has 0 spiro atoms. The maximum atomic E-state index is 12.5. The molecule has 2 aromatic carbocycles. The molecule has 2 amide bonds. The number of hydrogen-bond donors (Lipinski definition) is 3. The average Bonchev–Trinajstić information content (AvgIpc) is 3.38. The number of carboxylic acids is 1. The van der Waals surface area contributed by atoms with E-state index in [1.165, 1.54) is 22.3 Å². The molecule has 0 saturated heterocycles. The van der Waals surface area contributed by atoms with Crippen molar-refractivity contribution in [1.29, 1.82) is 0 Å². The standard InChI is InChI=1S/C27H32N2O5/c1-27(2,14-24(30)31)16-28-25(32)17-11-12-18(13-17)29-26(33)34-15-23-21-9-5-3-7-19(21)20-8-4-6-10-22(20)23/h3-10,17-18,23H,11-16H2,1-2H3,(H,28,32)(H,29,33)(H,30,31)/t17-,18+/m0/s1. The molecule has 1 saturated carbocycles. The molecule has 0 aromatic heterocycles. The Morgan fingerprint density at radius 3 is 2.24 bits per heavy atom. The summed E-state index contributed by atoms with van der Waals surface area (Å²) >= 11 is 0. The second-order valence-electron chi connectivity index (χ2n) is 10.1. The van der Waals surface area contributed by atoms with Crippen LogP contribution in [0.15, 0.2) is 48.5 Å². The molecule has 7 nitrogen and oxygen atoms in total. The third kappa shape index (κ3) is 5.41. The molecule has 2 aliphatic carbocycles. The van der Waals surface area contributed by atoms with Gasteiger partial charge in [-0.1, -0.05) is 62.4 Å². The lowest BCUT2D eigenvalue weighted by Gasteiger charge is -2.23. The van der Waals surface area contributed by atoms with E-state index < -0.39 is 17.5 Å². The van der Waals surface area contributed by atoms with Gasteiger partial charge in [0.05, 0.1) is 6.42 Å². The molecule has 7 heteroatoms. The zero-order valence-corrected chi connectivity index (χ0v) is 19.7. The quantitative estimate of drug-likeness (QED) is 0.540. The first-order chi connectivity index (χ1) is 16.2. The summed E-state index contributed by atoms with van der Waals surface area (Å²) in [6, 6.07) is 16.3. The number of carbonyl (C=O) groups excluding carboxylic acids is 2. The van der Waals surface area contributed by atoms with Crippen LogP contribution in [0.2, 0.25) is 0 Å². The Morgan fingerprint density at radius 2 is 1.62 bits per heavy atom. The minimum atomic E-state index is -0.882. The number of carboxylic acid groups (broad SMARTS) is 1. The Labute approximate surface area is 199 Å². The summed E-state index contributed by atoms with van der Waals surface area (Å²) in [4.78, 5) is 36.0. The molecule has 2 atom stereocenters. The molecule has 34 heavy (non-hydrogen) atoms. The summed E-state index contributed by atoms with van der Waals surface area (Å²) in [5, 5.41) is 14.8. The van der Waals surface area contributed by atoms with Gasteiger partial charge in [-0.05, 0) is 46.9 Å². The highest BCUT2D eigenvalue weighted by molar-refractivity contribution is 5.80. The van der Waals surface area contributed by atoms with Crippen molar-refractivity contribution in [2.45, 2.75) is 51.5 Å². The number of aliphatic carboxylic acids is 1. The summed E-state index contributed by atoms with van der Waals surface area (Å²) in [6.45, 7) is 4.20. The number of ether oxygens (including phenoxy) is 1. The van der Waals surface area contributed by atoms with Gasteiger partial charge in [-0.15, -0.1) is 0 Å². The molecule has 0 radical (unpaired) electrons. The van der Waals surface area contributed by atoms with Crippen molar-refractivity contribution in [2.24, 2.45) is 11.3 Å². The van der Waals surface area contributed by atoms with Gasteiger partial charge in [0.2, 0.25) is 5.91 Å². The van der Waals surface area contributed by atoms with Crippen molar-refractivity contribution in [3.8, 4) is 11.1 Å². The number of benzene rings is 2. The third-order valence-corrected chi connectivity index (χ3v) is 6.84. The van der Waals surface area contributed by atoms with Gasteiger partial charge in [0.25, 0.3) is 0 Å². The lowest BCUT2D eigenvalue weighted by atomic mass is 9.89. The largest absolute Gasteiger partial charge is 0.481 e. The Bertz CT molecular complexity index is 1030. The fourth-order valence-electron chi connectivity index (χ4n) is 5.10. The van der Waals surface area contributed by atoms with Crippen LogP contribution >= 0.6 is 0 Å². The molecule has 0 unspecified atom stereocenters. The maximum Gasteiger partial charge on any atom is 0.407 e. The van der Waals surface area contributed by atoms with Gasteiger partial charge in [-0.25, -0.2) is 4.79 Å². The maximum absolute atomic E-state index is 12.5. The van der Waals surface area contributed by atoms with Crippen LogP contribution in [0.3, 0.4) is 0 Å². The van der Waals surface area contributed by atoms with Gasteiger partial charge >= 0.3 is 12.1 Å². The van der Waals surface area contributed by atoms with Gasteiger partial charge in [0, 0.05) is 24.4 Å². The lowest BCUT2D eigenvalue weighted by Crippen LogP contribution is -2.39. The zero-order valence-electron chi connectivity index (χ0n) is 19.7. The number of rotatable bonds is 8. The normalized spacial score (nSPS) is 19.2. The van der Waals surface area contributed by atoms with Gasteiger partial charge in [-0.2, -0.15) is 0 Å². The zero-order chi connectivity index (χ0) is 24.3. The highest BCUT2D eigenvalue weighted by Gasteiger charge is 2.33. The summed E-state index contributed by atoms with van der Waals surface area (Å²) in [5.74, 6) is -1.16. The van der Waals surface area contributed by atoms with E-state index in [0.29, 0.717) is 25.8 Å². The summed E-state index contributed by atoms with van der Waals surface area (Å²) < 4.78 is 5.62. The van der Waals surface area contributed by atoms with Crippen LogP contribution in [-0.4, -0.2) is 42.3 Å². The number of fused-ring (bicyclic) bond motifs is 3. The van der Waals surface area contributed by atoms with Crippen LogP contribution in [-0.2, 0) is 14.3 Å². The Morgan fingerprint density at radius 1 is 1.00 bits per heavy atom. The molecule has 3 N–H and O–H groups in total. The van der Waals surface area contributed by atoms with Crippen molar-refractivity contribution in [2.75, 3.05) is 13.2 Å². The molecule has 180 valence electrons. The van der Waals surface area contributed by atoms with Crippen LogP contribution in [0, 0.1) is 11.3 Å². The molecule has 1 fully saturated rings. The van der Waals surface area contributed by atoms with Crippen molar-refractivity contribution < 1.29 is 24.2 Å². The molecule has 0 heterocycles. The number of nitrogens with one attached hydrogen (secondary N) is 2. The highest BCUT2D eigenvalue weighted by atomic mass is 16.5. The minimum Gasteiger partial charge on any atom is -0.481 e. The van der Waals surface area contributed by atoms with E-state index in [2.05, 4.69) is 34.9 Å². The van der Waals surface area contributed by atoms with E-state index in [1.54, 1.807) is 0 Å². The minimum absolute atomic E-state index is 0.00871. The highest BCUT2D eigenvalue weighted by Crippen LogP contribution is 2.44. The van der Waals surface area contributed by atoms with Crippen molar-refractivity contribution in [1.82, 2.24) is 10.6 Å². The number of hydrogen-bond acceptors (Lipinski definition) is 4. The smallest absolute Gasteiger partial charge is 0.407 e. The summed E-state index contributed by atoms with van der Waals surface area (Å²) in [5.41, 5.74) is 4.19. The van der Waals surface area contributed by atoms with Gasteiger partial charge in [0.15, 0.2) is 0 Å². The number of carbonyl (C=O) groups is 3.